The zero-order valence-electron chi connectivity index (χ0n) is 16.4. The molecule has 0 aliphatic heterocycles. The van der Waals surface area contributed by atoms with Gasteiger partial charge >= 0.3 is 0 Å². The third kappa shape index (κ3) is 7.74. The lowest BCUT2D eigenvalue weighted by molar-refractivity contribution is -0.118. The van der Waals surface area contributed by atoms with Crippen molar-refractivity contribution < 1.29 is 14.3 Å². The van der Waals surface area contributed by atoms with Gasteiger partial charge in [-0.2, -0.15) is 0 Å². The number of carbonyl (C=O) groups excluding carboxylic acids is 2. The molecular formula is C22H28N2O3S. The second kappa shape index (κ2) is 12.2. The normalized spacial score (nSPS) is 11.6. The van der Waals surface area contributed by atoms with Gasteiger partial charge in [-0.25, -0.2) is 0 Å². The molecule has 0 heterocycles. The standard InChI is InChI=1S/C22H28N2O3S/c1-17(12-13-18-8-4-3-5-9-18)24-22(26)19-10-6-7-11-20(19)28-16-21(25)23-14-15-27-2/h3-11,17H,12-16H2,1-2H3,(H,23,25)(H,24,26). The molecule has 6 heteroatoms. The van der Waals surface area contributed by atoms with Gasteiger partial charge in [-0.05, 0) is 37.5 Å². The Labute approximate surface area is 171 Å². The van der Waals surface area contributed by atoms with Crippen molar-refractivity contribution in [2.75, 3.05) is 26.0 Å². The average molecular weight is 401 g/mol. The van der Waals surface area contributed by atoms with Crippen LogP contribution in [0.4, 0.5) is 0 Å². The number of nitrogens with one attached hydrogen (secondary N) is 2. The summed E-state index contributed by atoms with van der Waals surface area (Å²) in [4.78, 5) is 25.4. The van der Waals surface area contributed by atoms with Crippen molar-refractivity contribution in [2.24, 2.45) is 0 Å². The van der Waals surface area contributed by atoms with E-state index >= 15 is 0 Å². The lowest BCUT2D eigenvalue weighted by Gasteiger charge is -2.15. The first-order valence-electron chi connectivity index (χ1n) is 9.42. The van der Waals surface area contributed by atoms with Crippen molar-refractivity contribution in [3.05, 3.63) is 65.7 Å². The number of aryl methyl sites for hydroxylation is 1. The minimum absolute atomic E-state index is 0.0584. The molecule has 150 valence electrons. The quantitative estimate of drug-likeness (QED) is 0.449. The van der Waals surface area contributed by atoms with Gasteiger partial charge in [0.15, 0.2) is 0 Å². The van der Waals surface area contributed by atoms with E-state index < -0.39 is 0 Å². The molecule has 1 atom stereocenters. The highest BCUT2D eigenvalue weighted by molar-refractivity contribution is 8.00. The summed E-state index contributed by atoms with van der Waals surface area (Å²) in [5.41, 5.74) is 1.86. The van der Waals surface area contributed by atoms with Gasteiger partial charge in [0, 0.05) is 24.6 Å². The van der Waals surface area contributed by atoms with E-state index in [1.165, 1.54) is 17.3 Å². The van der Waals surface area contributed by atoms with Crippen molar-refractivity contribution >= 4 is 23.6 Å². The predicted octanol–water partition coefficient (Wildman–Crippen LogP) is 3.29. The van der Waals surface area contributed by atoms with E-state index in [4.69, 9.17) is 4.74 Å². The molecule has 2 aromatic carbocycles. The Hall–Kier alpha value is -2.31. The zero-order valence-corrected chi connectivity index (χ0v) is 17.3. The van der Waals surface area contributed by atoms with Crippen molar-refractivity contribution in [3.63, 3.8) is 0 Å². The zero-order chi connectivity index (χ0) is 20.2. The summed E-state index contributed by atoms with van der Waals surface area (Å²) in [7, 11) is 1.59. The monoisotopic (exact) mass is 400 g/mol. The van der Waals surface area contributed by atoms with Crippen LogP contribution in [-0.2, 0) is 16.0 Å². The molecule has 2 rings (SSSR count). The molecule has 0 aromatic heterocycles. The van der Waals surface area contributed by atoms with E-state index in [1.807, 2.05) is 43.3 Å². The van der Waals surface area contributed by atoms with Crippen LogP contribution in [0.2, 0.25) is 0 Å². The highest BCUT2D eigenvalue weighted by Crippen LogP contribution is 2.22. The molecular weight excluding hydrogens is 372 g/mol. The summed E-state index contributed by atoms with van der Waals surface area (Å²) in [6, 6.07) is 17.7. The molecule has 2 amide bonds. The van der Waals surface area contributed by atoms with Crippen molar-refractivity contribution in [2.45, 2.75) is 30.7 Å². The molecule has 0 radical (unpaired) electrons. The van der Waals surface area contributed by atoms with Gasteiger partial charge in [0.05, 0.1) is 17.9 Å². The van der Waals surface area contributed by atoms with Gasteiger partial charge in [0.2, 0.25) is 5.91 Å². The third-order valence-electron chi connectivity index (χ3n) is 4.21. The Morgan fingerprint density at radius 3 is 2.54 bits per heavy atom. The fraction of sp³-hybridized carbons (Fsp3) is 0.364. The number of amides is 2. The Balaban J connectivity index is 1.86. The minimum atomic E-state index is -0.108. The van der Waals surface area contributed by atoms with E-state index in [9.17, 15) is 9.59 Å². The van der Waals surface area contributed by atoms with Crippen LogP contribution in [0.25, 0.3) is 0 Å². The number of rotatable bonds is 11. The summed E-state index contributed by atoms with van der Waals surface area (Å²) in [5, 5.41) is 5.85. The fourth-order valence-corrected chi connectivity index (χ4v) is 3.55. The second-order valence-electron chi connectivity index (χ2n) is 6.53. The molecule has 0 aliphatic rings. The van der Waals surface area contributed by atoms with Crippen LogP contribution < -0.4 is 10.6 Å². The maximum atomic E-state index is 12.7. The van der Waals surface area contributed by atoms with Crippen LogP contribution in [0.1, 0.15) is 29.3 Å². The van der Waals surface area contributed by atoms with Gasteiger partial charge < -0.3 is 15.4 Å². The predicted molar refractivity (Wildman–Crippen MR) is 114 cm³/mol. The number of carbonyl (C=O) groups is 2. The largest absolute Gasteiger partial charge is 0.383 e. The van der Waals surface area contributed by atoms with Gasteiger partial charge in [0.25, 0.3) is 5.91 Å². The molecule has 0 saturated heterocycles. The Bertz CT molecular complexity index is 752. The van der Waals surface area contributed by atoms with Gasteiger partial charge in [-0.1, -0.05) is 42.5 Å². The Kier molecular flexibility index (Phi) is 9.59. The molecule has 28 heavy (non-hydrogen) atoms. The van der Waals surface area contributed by atoms with Crippen LogP contribution in [-0.4, -0.2) is 43.9 Å². The maximum Gasteiger partial charge on any atom is 0.252 e. The number of thioether (sulfide) groups is 1. The summed E-state index contributed by atoms with van der Waals surface area (Å²) in [5.74, 6) is 0.0781. The fourth-order valence-electron chi connectivity index (χ4n) is 2.67. The van der Waals surface area contributed by atoms with Crippen LogP contribution in [0, 0.1) is 0 Å². The van der Waals surface area contributed by atoms with Crippen molar-refractivity contribution in [1.29, 1.82) is 0 Å². The first kappa shape index (κ1) is 22.0. The number of benzene rings is 2. The lowest BCUT2D eigenvalue weighted by Crippen LogP contribution is -2.33. The summed E-state index contributed by atoms with van der Waals surface area (Å²) in [6.45, 7) is 2.98. The van der Waals surface area contributed by atoms with Gasteiger partial charge in [0.1, 0.15) is 0 Å². The summed E-state index contributed by atoms with van der Waals surface area (Å²) < 4.78 is 4.92. The molecule has 1 unspecified atom stereocenters. The minimum Gasteiger partial charge on any atom is -0.383 e. The van der Waals surface area contributed by atoms with Crippen molar-refractivity contribution in [3.8, 4) is 0 Å². The topological polar surface area (TPSA) is 67.4 Å². The van der Waals surface area contributed by atoms with E-state index in [2.05, 4.69) is 22.8 Å². The number of hydrogen-bond acceptors (Lipinski definition) is 4. The lowest BCUT2D eigenvalue weighted by atomic mass is 10.1. The Morgan fingerprint density at radius 2 is 1.79 bits per heavy atom. The molecule has 0 saturated carbocycles. The third-order valence-corrected chi connectivity index (χ3v) is 5.28. The van der Waals surface area contributed by atoms with Crippen LogP contribution in [0.3, 0.4) is 0 Å². The molecule has 0 bridgehead atoms. The molecule has 0 fully saturated rings. The van der Waals surface area contributed by atoms with E-state index in [0.29, 0.717) is 18.7 Å². The number of methoxy groups -OCH3 is 1. The maximum absolute atomic E-state index is 12.7. The molecule has 0 aliphatic carbocycles. The van der Waals surface area contributed by atoms with E-state index in [-0.39, 0.29) is 23.6 Å². The summed E-state index contributed by atoms with van der Waals surface area (Å²) >= 11 is 1.37. The molecule has 2 N–H and O–H groups in total. The number of hydrogen-bond donors (Lipinski definition) is 2. The van der Waals surface area contributed by atoms with E-state index in [0.717, 1.165) is 17.7 Å². The van der Waals surface area contributed by atoms with Crippen LogP contribution in [0.5, 0.6) is 0 Å². The van der Waals surface area contributed by atoms with E-state index in [1.54, 1.807) is 13.2 Å². The van der Waals surface area contributed by atoms with Crippen molar-refractivity contribution in [1.82, 2.24) is 10.6 Å². The molecule has 0 spiro atoms. The van der Waals surface area contributed by atoms with Gasteiger partial charge in [-0.15, -0.1) is 11.8 Å². The second-order valence-corrected chi connectivity index (χ2v) is 7.54. The molecule has 2 aromatic rings. The SMILES string of the molecule is COCCNC(=O)CSc1ccccc1C(=O)NC(C)CCc1ccccc1. The number of ether oxygens (including phenoxy) is 1. The first-order valence-corrected chi connectivity index (χ1v) is 10.4. The van der Waals surface area contributed by atoms with Crippen LogP contribution >= 0.6 is 11.8 Å². The summed E-state index contributed by atoms with van der Waals surface area (Å²) in [6.07, 6.45) is 1.79. The molecule has 5 nitrogen and oxygen atoms in total. The highest BCUT2D eigenvalue weighted by Gasteiger charge is 2.15. The Morgan fingerprint density at radius 1 is 1.07 bits per heavy atom. The average Bonchev–Trinajstić information content (AvgIpc) is 2.72. The smallest absolute Gasteiger partial charge is 0.252 e. The first-order chi connectivity index (χ1) is 13.6. The highest BCUT2D eigenvalue weighted by atomic mass is 32.2. The van der Waals surface area contributed by atoms with Gasteiger partial charge in [-0.3, -0.25) is 9.59 Å². The van der Waals surface area contributed by atoms with Crippen LogP contribution in [0.15, 0.2) is 59.5 Å².